The van der Waals surface area contributed by atoms with Crippen LogP contribution >= 0.6 is 0 Å². The van der Waals surface area contributed by atoms with Crippen LogP contribution < -0.4 is 0 Å². The molecule has 1 aliphatic heterocycles. The van der Waals surface area contributed by atoms with Gasteiger partial charge < -0.3 is 4.57 Å². The Morgan fingerprint density at radius 1 is 0.955 bits per heavy atom. The fourth-order valence-corrected chi connectivity index (χ4v) is 2.93. The number of hydrogen-bond acceptors (Lipinski definition) is 2. The number of pyridine rings is 1. The van der Waals surface area contributed by atoms with E-state index < -0.39 is 0 Å². The van der Waals surface area contributed by atoms with Gasteiger partial charge >= 0.3 is 0 Å². The van der Waals surface area contributed by atoms with Crippen LogP contribution in [0.1, 0.15) is 12.2 Å². The second-order valence-electron chi connectivity index (χ2n) is 5.37. The lowest BCUT2D eigenvalue weighted by Gasteiger charge is -2.09. The molecule has 0 amide bonds. The van der Waals surface area contributed by atoms with Crippen LogP contribution in [0.15, 0.2) is 55.4 Å². The van der Waals surface area contributed by atoms with E-state index in [2.05, 4.69) is 16.1 Å². The van der Waals surface area contributed by atoms with Gasteiger partial charge in [-0.15, -0.1) is 0 Å². The van der Waals surface area contributed by atoms with Gasteiger partial charge in [0.05, 0.1) is 11.4 Å². The second-order valence-corrected chi connectivity index (χ2v) is 5.37. The Morgan fingerprint density at radius 3 is 2.41 bits per heavy atom. The SMILES string of the molecule is C=C1CCc2nc(-c3ccc(F)cc3)c(-c3ccncc3)n21. The summed E-state index contributed by atoms with van der Waals surface area (Å²) >= 11 is 0. The van der Waals surface area contributed by atoms with Crippen LogP contribution in [0, 0.1) is 5.82 Å². The molecule has 4 rings (SSSR count). The molecule has 0 fully saturated rings. The zero-order valence-electron chi connectivity index (χ0n) is 12.0. The van der Waals surface area contributed by atoms with Gasteiger partial charge in [0.25, 0.3) is 0 Å². The first-order chi connectivity index (χ1) is 10.7. The van der Waals surface area contributed by atoms with Crippen LogP contribution in [-0.4, -0.2) is 14.5 Å². The highest BCUT2D eigenvalue weighted by Gasteiger charge is 2.25. The van der Waals surface area contributed by atoms with E-state index in [9.17, 15) is 4.39 Å². The van der Waals surface area contributed by atoms with E-state index in [1.54, 1.807) is 24.5 Å². The van der Waals surface area contributed by atoms with Crippen LogP contribution in [0.25, 0.3) is 28.2 Å². The van der Waals surface area contributed by atoms with E-state index in [1.807, 2.05) is 12.1 Å². The summed E-state index contributed by atoms with van der Waals surface area (Å²) in [5.41, 5.74) is 4.86. The van der Waals surface area contributed by atoms with Gasteiger partial charge in [0, 0.05) is 35.6 Å². The van der Waals surface area contributed by atoms with E-state index in [4.69, 9.17) is 4.98 Å². The summed E-state index contributed by atoms with van der Waals surface area (Å²) in [5.74, 6) is 0.765. The monoisotopic (exact) mass is 291 g/mol. The summed E-state index contributed by atoms with van der Waals surface area (Å²) in [4.78, 5) is 8.86. The van der Waals surface area contributed by atoms with Crippen molar-refractivity contribution in [2.45, 2.75) is 12.8 Å². The quantitative estimate of drug-likeness (QED) is 0.709. The molecular formula is C18H14FN3. The summed E-state index contributed by atoms with van der Waals surface area (Å²) in [7, 11) is 0. The number of rotatable bonds is 2. The first-order valence-electron chi connectivity index (χ1n) is 7.20. The van der Waals surface area contributed by atoms with Crippen molar-refractivity contribution in [2.75, 3.05) is 0 Å². The van der Waals surface area contributed by atoms with Gasteiger partial charge in [0.2, 0.25) is 0 Å². The highest BCUT2D eigenvalue weighted by atomic mass is 19.1. The van der Waals surface area contributed by atoms with Gasteiger partial charge in [0.15, 0.2) is 0 Å². The van der Waals surface area contributed by atoms with Crippen LogP contribution in [0.3, 0.4) is 0 Å². The first-order valence-corrected chi connectivity index (χ1v) is 7.20. The van der Waals surface area contributed by atoms with E-state index in [1.165, 1.54) is 12.1 Å². The Balaban J connectivity index is 1.98. The van der Waals surface area contributed by atoms with Crippen molar-refractivity contribution in [2.24, 2.45) is 0 Å². The highest BCUT2D eigenvalue weighted by molar-refractivity contribution is 5.82. The van der Waals surface area contributed by atoms with E-state index >= 15 is 0 Å². The Morgan fingerprint density at radius 2 is 1.68 bits per heavy atom. The lowest BCUT2D eigenvalue weighted by Crippen LogP contribution is -1.95. The number of halogens is 1. The summed E-state index contributed by atoms with van der Waals surface area (Å²) in [6.07, 6.45) is 5.34. The molecule has 2 aromatic heterocycles. The molecule has 0 bridgehead atoms. The fraction of sp³-hybridized carbons (Fsp3) is 0.111. The molecule has 0 N–H and O–H groups in total. The Bertz CT molecular complexity index is 848. The van der Waals surface area contributed by atoms with Crippen molar-refractivity contribution in [1.82, 2.24) is 14.5 Å². The topological polar surface area (TPSA) is 30.7 Å². The van der Waals surface area contributed by atoms with Crippen molar-refractivity contribution in [3.63, 3.8) is 0 Å². The molecule has 0 spiro atoms. The molecule has 0 saturated carbocycles. The molecule has 4 heteroatoms. The molecule has 3 heterocycles. The summed E-state index contributed by atoms with van der Waals surface area (Å²) in [6.45, 7) is 4.15. The number of nitrogens with zero attached hydrogens (tertiary/aromatic N) is 3. The largest absolute Gasteiger partial charge is 0.300 e. The standard InChI is InChI=1S/C18H14FN3/c1-12-2-7-16-21-17(13-3-5-15(19)6-4-13)18(22(12)16)14-8-10-20-11-9-14/h3-6,8-11H,1-2,7H2. The minimum absolute atomic E-state index is 0.245. The number of imidazole rings is 1. The smallest absolute Gasteiger partial charge is 0.123 e. The van der Waals surface area contributed by atoms with Crippen LogP contribution in [-0.2, 0) is 6.42 Å². The molecule has 108 valence electrons. The van der Waals surface area contributed by atoms with Crippen molar-refractivity contribution >= 4 is 5.70 Å². The average Bonchev–Trinajstić information content (AvgIpc) is 3.09. The minimum atomic E-state index is -0.245. The van der Waals surface area contributed by atoms with E-state index in [-0.39, 0.29) is 5.82 Å². The first kappa shape index (κ1) is 13.0. The molecule has 0 aliphatic carbocycles. The van der Waals surface area contributed by atoms with Gasteiger partial charge in [-0.05, 0) is 42.8 Å². The predicted octanol–water partition coefficient (Wildman–Crippen LogP) is 4.17. The van der Waals surface area contributed by atoms with E-state index in [0.29, 0.717) is 0 Å². The highest BCUT2D eigenvalue weighted by Crippen LogP contribution is 2.38. The Kier molecular flexibility index (Phi) is 2.89. The zero-order chi connectivity index (χ0) is 15.1. The van der Waals surface area contributed by atoms with Crippen LogP contribution in [0.4, 0.5) is 4.39 Å². The molecular weight excluding hydrogens is 277 g/mol. The zero-order valence-corrected chi connectivity index (χ0v) is 12.0. The van der Waals surface area contributed by atoms with Gasteiger partial charge in [-0.2, -0.15) is 0 Å². The Hall–Kier alpha value is -2.75. The molecule has 1 aliphatic rings. The maximum atomic E-state index is 13.2. The third-order valence-electron chi connectivity index (χ3n) is 3.97. The van der Waals surface area contributed by atoms with Gasteiger partial charge in [0.1, 0.15) is 11.6 Å². The number of fused-ring (bicyclic) bond motifs is 1. The van der Waals surface area contributed by atoms with Crippen molar-refractivity contribution in [3.05, 3.63) is 67.0 Å². The van der Waals surface area contributed by atoms with Crippen LogP contribution in [0.5, 0.6) is 0 Å². The van der Waals surface area contributed by atoms with Crippen LogP contribution in [0.2, 0.25) is 0 Å². The van der Waals surface area contributed by atoms with E-state index in [0.717, 1.165) is 46.9 Å². The summed E-state index contributed by atoms with van der Waals surface area (Å²) in [6, 6.07) is 10.4. The predicted molar refractivity (Wildman–Crippen MR) is 84.5 cm³/mol. The molecule has 22 heavy (non-hydrogen) atoms. The van der Waals surface area contributed by atoms with Crippen molar-refractivity contribution in [1.29, 1.82) is 0 Å². The third-order valence-corrected chi connectivity index (χ3v) is 3.97. The second kappa shape index (κ2) is 4.91. The maximum absolute atomic E-state index is 13.2. The Labute approximate surface area is 127 Å². The molecule has 0 radical (unpaired) electrons. The molecule has 3 aromatic rings. The molecule has 1 aromatic carbocycles. The van der Waals surface area contributed by atoms with Crippen molar-refractivity contribution in [3.8, 4) is 22.5 Å². The minimum Gasteiger partial charge on any atom is -0.300 e. The summed E-state index contributed by atoms with van der Waals surface area (Å²) in [5, 5.41) is 0. The maximum Gasteiger partial charge on any atom is 0.123 e. The van der Waals surface area contributed by atoms with Gasteiger partial charge in [-0.25, -0.2) is 9.37 Å². The number of aryl methyl sites for hydroxylation is 1. The number of aromatic nitrogens is 3. The number of hydrogen-bond donors (Lipinski definition) is 0. The average molecular weight is 291 g/mol. The summed E-state index contributed by atoms with van der Waals surface area (Å²) < 4.78 is 15.3. The lowest BCUT2D eigenvalue weighted by molar-refractivity contribution is 0.628. The van der Waals surface area contributed by atoms with Gasteiger partial charge in [-0.3, -0.25) is 4.98 Å². The molecule has 0 saturated heterocycles. The number of allylic oxidation sites excluding steroid dienone is 1. The molecule has 3 nitrogen and oxygen atoms in total. The normalized spacial score (nSPS) is 13.4. The molecule has 0 atom stereocenters. The van der Waals surface area contributed by atoms with Gasteiger partial charge in [-0.1, -0.05) is 6.58 Å². The molecule has 0 unspecified atom stereocenters. The number of benzene rings is 1. The fourth-order valence-electron chi connectivity index (χ4n) is 2.93. The van der Waals surface area contributed by atoms with Crippen molar-refractivity contribution < 1.29 is 4.39 Å². The lowest BCUT2D eigenvalue weighted by atomic mass is 10.1. The third kappa shape index (κ3) is 1.96.